The molecule has 11 heteroatoms. The summed E-state index contributed by atoms with van der Waals surface area (Å²) in [5.41, 5.74) is 3.20. The van der Waals surface area contributed by atoms with E-state index in [0.29, 0.717) is 26.2 Å². The Labute approximate surface area is 276 Å². The minimum Gasteiger partial charge on any atom is -0.461 e. The van der Waals surface area contributed by atoms with Gasteiger partial charge in [-0.1, -0.05) is 36.9 Å². The maximum atomic E-state index is 12.6. The third kappa shape index (κ3) is 6.97. The van der Waals surface area contributed by atoms with Crippen LogP contribution in [0.15, 0.2) is 49.1 Å². The summed E-state index contributed by atoms with van der Waals surface area (Å²) in [4.78, 5) is 41.3. The topological polar surface area (TPSA) is 124 Å². The van der Waals surface area contributed by atoms with E-state index in [0.717, 1.165) is 48.6 Å². The molecule has 3 aliphatic rings. The monoisotopic (exact) mass is 637 g/mol. The predicted octanol–water partition coefficient (Wildman–Crippen LogP) is 5.05. The van der Waals surface area contributed by atoms with E-state index >= 15 is 0 Å². The van der Waals surface area contributed by atoms with Crippen molar-refractivity contribution in [1.82, 2.24) is 20.2 Å². The van der Waals surface area contributed by atoms with E-state index in [1.165, 1.54) is 22.4 Å². The highest BCUT2D eigenvalue weighted by molar-refractivity contribution is 5.97. The number of nitrogens with zero attached hydrogens (tertiary/aromatic N) is 6. The standard InChI is InChI=1S/C36H43N7O4/c1-6-30(44)43-20-19-42(21-26(43)13-17-37)32-27-14-18-41(29-12-8-11-25-10-7-9-24(2)31(25)29)22-28(27)38-33(39-32)46-23-36(15-16-36)40-34(45)47-35(3,4)5/h6-12,26H,1,13-16,18-23H2,2-5H3,(H,40,45)/t26-/m0/s1. The number of aryl methyl sites for hydroxylation is 1. The van der Waals surface area contributed by atoms with Crippen molar-refractivity contribution < 1.29 is 19.1 Å². The minimum absolute atomic E-state index is 0.174. The summed E-state index contributed by atoms with van der Waals surface area (Å²) in [6, 6.07) is 15.0. The molecule has 1 N–H and O–H groups in total. The van der Waals surface area contributed by atoms with Gasteiger partial charge in [0.25, 0.3) is 0 Å². The molecule has 3 heterocycles. The second kappa shape index (κ2) is 12.7. The highest BCUT2D eigenvalue weighted by atomic mass is 16.6. The number of piperazine rings is 1. The van der Waals surface area contributed by atoms with E-state index in [1.54, 1.807) is 4.90 Å². The fraction of sp³-hybridized carbons (Fsp3) is 0.472. The molecule has 2 amide bonds. The van der Waals surface area contributed by atoms with Crippen molar-refractivity contribution in [3.05, 3.63) is 65.9 Å². The van der Waals surface area contributed by atoms with Crippen LogP contribution in [-0.2, 0) is 22.5 Å². The van der Waals surface area contributed by atoms with Crippen molar-refractivity contribution in [2.24, 2.45) is 0 Å². The van der Waals surface area contributed by atoms with Crippen LogP contribution in [0, 0.1) is 18.3 Å². The van der Waals surface area contributed by atoms with Gasteiger partial charge in [-0.2, -0.15) is 15.2 Å². The number of nitriles is 1. The number of carbonyl (C=O) groups excluding carboxylic acids is 2. The second-order valence-electron chi connectivity index (χ2n) is 13.8. The van der Waals surface area contributed by atoms with Crippen LogP contribution >= 0.6 is 0 Å². The lowest BCUT2D eigenvalue weighted by atomic mass is 9.99. The van der Waals surface area contributed by atoms with Gasteiger partial charge >= 0.3 is 12.1 Å². The van der Waals surface area contributed by atoms with Crippen LogP contribution < -0.4 is 19.9 Å². The van der Waals surface area contributed by atoms with Crippen molar-refractivity contribution in [1.29, 1.82) is 5.26 Å². The first-order chi connectivity index (χ1) is 22.5. The molecule has 246 valence electrons. The maximum Gasteiger partial charge on any atom is 0.408 e. The number of hydrogen-bond donors (Lipinski definition) is 1. The Morgan fingerprint density at radius 3 is 2.60 bits per heavy atom. The molecule has 1 saturated carbocycles. The smallest absolute Gasteiger partial charge is 0.408 e. The maximum absolute atomic E-state index is 12.6. The summed E-state index contributed by atoms with van der Waals surface area (Å²) in [7, 11) is 0. The molecule has 1 aliphatic carbocycles. The summed E-state index contributed by atoms with van der Waals surface area (Å²) in [6.45, 7) is 14.4. The average molecular weight is 638 g/mol. The number of benzene rings is 2. The summed E-state index contributed by atoms with van der Waals surface area (Å²) in [5.74, 6) is 0.601. The van der Waals surface area contributed by atoms with E-state index in [4.69, 9.17) is 19.4 Å². The van der Waals surface area contributed by atoms with E-state index in [-0.39, 0.29) is 31.0 Å². The zero-order valence-corrected chi connectivity index (χ0v) is 27.7. The first kappa shape index (κ1) is 32.1. The first-order valence-corrected chi connectivity index (χ1v) is 16.3. The number of amides is 2. The molecule has 1 atom stereocenters. The van der Waals surface area contributed by atoms with E-state index < -0.39 is 17.2 Å². The fourth-order valence-electron chi connectivity index (χ4n) is 6.60. The molecule has 0 spiro atoms. The van der Waals surface area contributed by atoms with Crippen molar-refractivity contribution >= 4 is 34.3 Å². The Balaban J connectivity index is 1.31. The molecular weight excluding hydrogens is 594 g/mol. The lowest BCUT2D eigenvalue weighted by Gasteiger charge is -2.42. The van der Waals surface area contributed by atoms with Gasteiger partial charge in [-0.05, 0) is 70.0 Å². The Morgan fingerprint density at radius 2 is 1.89 bits per heavy atom. The summed E-state index contributed by atoms with van der Waals surface area (Å²) in [5, 5.41) is 15.0. The first-order valence-electron chi connectivity index (χ1n) is 16.3. The molecule has 2 aromatic carbocycles. The van der Waals surface area contributed by atoms with Crippen molar-refractivity contribution in [2.45, 2.75) is 77.1 Å². The molecule has 2 aliphatic heterocycles. The predicted molar refractivity (Wildman–Crippen MR) is 180 cm³/mol. The number of nitrogens with one attached hydrogen (secondary N) is 1. The molecular formula is C36H43N7O4. The number of alkyl carbamates (subject to hydrolysis) is 1. The van der Waals surface area contributed by atoms with Gasteiger partial charge in [-0.15, -0.1) is 0 Å². The van der Waals surface area contributed by atoms with Crippen LogP contribution in [-0.4, -0.2) is 76.8 Å². The zero-order valence-electron chi connectivity index (χ0n) is 27.7. The molecule has 3 aromatic rings. The van der Waals surface area contributed by atoms with E-state index in [9.17, 15) is 14.9 Å². The van der Waals surface area contributed by atoms with E-state index in [2.05, 4.69) is 71.1 Å². The van der Waals surface area contributed by atoms with Gasteiger partial charge in [0.2, 0.25) is 5.91 Å². The third-order valence-corrected chi connectivity index (χ3v) is 9.12. The molecule has 11 nitrogen and oxygen atoms in total. The molecule has 1 aromatic heterocycles. The number of rotatable bonds is 8. The Morgan fingerprint density at radius 1 is 1.13 bits per heavy atom. The highest BCUT2D eigenvalue weighted by Gasteiger charge is 2.46. The van der Waals surface area contributed by atoms with Crippen LogP contribution in [0.5, 0.6) is 6.01 Å². The lowest BCUT2D eigenvalue weighted by Crippen LogP contribution is -2.55. The van der Waals surface area contributed by atoms with Crippen molar-refractivity contribution in [2.75, 3.05) is 42.6 Å². The second-order valence-corrected chi connectivity index (χ2v) is 13.8. The van der Waals surface area contributed by atoms with Gasteiger partial charge in [0.1, 0.15) is 18.0 Å². The van der Waals surface area contributed by atoms with Crippen LogP contribution in [0.2, 0.25) is 0 Å². The number of hydrogen-bond acceptors (Lipinski definition) is 9. The van der Waals surface area contributed by atoms with Crippen LogP contribution in [0.25, 0.3) is 10.8 Å². The molecule has 1 saturated heterocycles. The lowest BCUT2D eigenvalue weighted by molar-refractivity contribution is -0.128. The van der Waals surface area contributed by atoms with Gasteiger partial charge in [-0.3, -0.25) is 4.79 Å². The van der Waals surface area contributed by atoms with Gasteiger partial charge < -0.3 is 29.5 Å². The quantitative estimate of drug-likeness (QED) is 0.338. The highest BCUT2D eigenvalue weighted by Crippen LogP contribution is 2.38. The van der Waals surface area contributed by atoms with Crippen molar-refractivity contribution in [3.8, 4) is 12.1 Å². The van der Waals surface area contributed by atoms with Gasteiger partial charge in [-0.25, -0.2) is 4.79 Å². The normalized spacial score (nSPS) is 18.6. The molecule has 0 bridgehead atoms. The molecule has 2 fully saturated rings. The Kier molecular flexibility index (Phi) is 8.70. The number of anilines is 2. The molecule has 47 heavy (non-hydrogen) atoms. The number of aromatic nitrogens is 2. The molecule has 6 rings (SSSR count). The van der Waals surface area contributed by atoms with Gasteiger partial charge in [0, 0.05) is 42.8 Å². The zero-order chi connectivity index (χ0) is 33.3. The van der Waals surface area contributed by atoms with Crippen LogP contribution in [0.4, 0.5) is 16.3 Å². The number of ether oxygens (including phenoxy) is 2. The van der Waals surface area contributed by atoms with Gasteiger partial charge in [0.15, 0.2) is 0 Å². The summed E-state index contributed by atoms with van der Waals surface area (Å²) < 4.78 is 11.8. The summed E-state index contributed by atoms with van der Waals surface area (Å²) >= 11 is 0. The minimum atomic E-state index is -0.601. The number of fused-ring (bicyclic) bond motifs is 2. The van der Waals surface area contributed by atoms with Crippen molar-refractivity contribution in [3.63, 3.8) is 0 Å². The fourth-order valence-corrected chi connectivity index (χ4v) is 6.60. The Bertz CT molecular complexity index is 1730. The third-order valence-electron chi connectivity index (χ3n) is 9.12. The molecule has 0 unspecified atom stereocenters. The SMILES string of the molecule is C=CC(=O)N1CCN(c2nc(OCC3(NC(=O)OC(C)(C)C)CC3)nc3c2CCN(c2cccc4cccc(C)c24)C3)C[C@@H]1CC#N. The number of carbonyl (C=O) groups is 2. The Hall–Kier alpha value is -4.85. The largest absolute Gasteiger partial charge is 0.461 e. The van der Waals surface area contributed by atoms with Gasteiger partial charge in [0.05, 0.1) is 36.3 Å². The van der Waals surface area contributed by atoms with Crippen LogP contribution in [0.1, 0.15) is 56.9 Å². The average Bonchev–Trinajstić information content (AvgIpc) is 3.80. The molecule has 0 radical (unpaired) electrons. The van der Waals surface area contributed by atoms with E-state index in [1.807, 2.05) is 20.8 Å². The van der Waals surface area contributed by atoms with Crippen LogP contribution in [0.3, 0.4) is 0 Å². The summed E-state index contributed by atoms with van der Waals surface area (Å²) in [6.07, 6.45) is 3.32.